The van der Waals surface area contributed by atoms with Crippen molar-refractivity contribution < 1.29 is 4.74 Å². The molecule has 0 saturated carbocycles. The van der Waals surface area contributed by atoms with Crippen LogP contribution in [0, 0.1) is 6.92 Å². The minimum Gasteiger partial charge on any atom is -0.497 e. The standard InChI is InChI=1S/C19H26N4O.HI/c1-14-8-10-15(11-9-14)18(23(2)3)13-21-19(20)22-16-6-5-7-17(12-16)24-4;/h5-12,18H,13H2,1-4H3,(H3,20,21,22);1H. The van der Waals surface area contributed by atoms with Gasteiger partial charge in [-0.2, -0.15) is 0 Å². The zero-order valence-electron chi connectivity index (χ0n) is 15.2. The van der Waals surface area contributed by atoms with Crippen LogP contribution in [0.3, 0.4) is 0 Å². The second-order valence-corrected chi connectivity index (χ2v) is 5.97. The number of aliphatic imine (C=N–C) groups is 1. The van der Waals surface area contributed by atoms with Crippen molar-refractivity contribution in [2.75, 3.05) is 33.1 Å². The first kappa shape index (κ1) is 21.2. The Balaban J connectivity index is 0.00000312. The van der Waals surface area contributed by atoms with E-state index < -0.39 is 0 Å². The molecule has 0 fully saturated rings. The number of nitrogens with two attached hydrogens (primary N) is 1. The molecule has 1 unspecified atom stereocenters. The van der Waals surface area contributed by atoms with Gasteiger partial charge in [0.2, 0.25) is 0 Å². The molecule has 2 rings (SSSR count). The molecule has 0 aromatic heterocycles. The van der Waals surface area contributed by atoms with Crippen LogP contribution in [-0.4, -0.2) is 38.6 Å². The van der Waals surface area contributed by atoms with Gasteiger partial charge < -0.3 is 20.7 Å². The predicted molar refractivity (Wildman–Crippen MR) is 116 cm³/mol. The van der Waals surface area contributed by atoms with Gasteiger partial charge in [0.25, 0.3) is 0 Å². The molecule has 5 nitrogen and oxygen atoms in total. The number of methoxy groups -OCH3 is 1. The summed E-state index contributed by atoms with van der Waals surface area (Å²) in [5, 5.41) is 3.10. The third-order valence-electron chi connectivity index (χ3n) is 3.86. The second-order valence-electron chi connectivity index (χ2n) is 5.97. The molecule has 0 amide bonds. The van der Waals surface area contributed by atoms with Crippen molar-refractivity contribution in [3.05, 3.63) is 59.7 Å². The summed E-state index contributed by atoms with van der Waals surface area (Å²) in [6.07, 6.45) is 0. The monoisotopic (exact) mass is 454 g/mol. The summed E-state index contributed by atoms with van der Waals surface area (Å²) in [5.41, 5.74) is 9.36. The summed E-state index contributed by atoms with van der Waals surface area (Å²) < 4.78 is 5.21. The van der Waals surface area contributed by atoms with Crippen molar-refractivity contribution >= 4 is 35.6 Å². The molecule has 0 aliphatic rings. The van der Waals surface area contributed by atoms with E-state index >= 15 is 0 Å². The maximum atomic E-state index is 6.03. The first-order valence-electron chi connectivity index (χ1n) is 7.93. The van der Waals surface area contributed by atoms with Crippen LogP contribution in [0.25, 0.3) is 0 Å². The highest BCUT2D eigenvalue weighted by molar-refractivity contribution is 14.0. The van der Waals surface area contributed by atoms with Crippen molar-refractivity contribution in [3.8, 4) is 5.75 Å². The van der Waals surface area contributed by atoms with Gasteiger partial charge in [0.05, 0.1) is 19.7 Å². The average molecular weight is 454 g/mol. The summed E-state index contributed by atoms with van der Waals surface area (Å²) in [7, 11) is 5.73. The van der Waals surface area contributed by atoms with Gasteiger partial charge >= 0.3 is 0 Å². The number of halogens is 1. The molecule has 0 aliphatic heterocycles. The number of benzene rings is 2. The lowest BCUT2D eigenvalue weighted by Crippen LogP contribution is -2.27. The minimum absolute atomic E-state index is 0. The van der Waals surface area contributed by atoms with E-state index in [1.807, 2.05) is 38.4 Å². The molecule has 0 spiro atoms. The lowest BCUT2D eigenvalue weighted by Gasteiger charge is -2.23. The Morgan fingerprint density at radius 2 is 1.88 bits per heavy atom. The van der Waals surface area contributed by atoms with Crippen molar-refractivity contribution in [2.45, 2.75) is 13.0 Å². The van der Waals surface area contributed by atoms with E-state index in [0.717, 1.165) is 11.4 Å². The Morgan fingerprint density at radius 1 is 1.20 bits per heavy atom. The molecule has 0 saturated heterocycles. The number of anilines is 1. The Bertz CT molecular complexity index is 686. The molecule has 1 atom stereocenters. The van der Waals surface area contributed by atoms with Gasteiger partial charge in [0.15, 0.2) is 5.96 Å². The van der Waals surface area contributed by atoms with Crippen molar-refractivity contribution in [1.82, 2.24) is 4.90 Å². The molecule has 2 aromatic carbocycles. The summed E-state index contributed by atoms with van der Waals surface area (Å²) in [5.74, 6) is 1.17. The first-order chi connectivity index (χ1) is 11.5. The highest BCUT2D eigenvalue weighted by Gasteiger charge is 2.13. The second kappa shape index (κ2) is 10.2. The average Bonchev–Trinajstić information content (AvgIpc) is 2.56. The smallest absolute Gasteiger partial charge is 0.193 e. The number of hydrogen-bond acceptors (Lipinski definition) is 3. The van der Waals surface area contributed by atoms with E-state index in [4.69, 9.17) is 10.5 Å². The van der Waals surface area contributed by atoms with Crippen molar-refractivity contribution in [3.63, 3.8) is 0 Å². The predicted octanol–water partition coefficient (Wildman–Crippen LogP) is 3.65. The number of nitrogens with one attached hydrogen (secondary N) is 1. The van der Waals surface area contributed by atoms with Crippen LogP contribution in [0.15, 0.2) is 53.5 Å². The van der Waals surface area contributed by atoms with E-state index in [1.54, 1.807) is 7.11 Å². The summed E-state index contributed by atoms with van der Waals surface area (Å²) >= 11 is 0. The molecule has 3 N–H and O–H groups in total. The normalized spacial score (nSPS) is 12.4. The van der Waals surface area contributed by atoms with Gasteiger partial charge in [-0.15, -0.1) is 24.0 Å². The molecule has 0 bridgehead atoms. The number of guanidine groups is 1. The summed E-state index contributed by atoms with van der Waals surface area (Å²) in [6.45, 7) is 2.67. The SMILES string of the molecule is COc1cccc(NC(N)=NCC(c2ccc(C)cc2)N(C)C)c1.I. The summed E-state index contributed by atoms with van der Waals surface area (Å²) in [4.78, 5) is 6.64. The highest BCUT2D eigenvalue weighted by Crippen LogP contribution is 2.20. The molecule has 0 radical (unpaired) electrons. The minimum atomic E-state index is 0. The lowest BCUT2D eigenvalue weighted by molar-refractivity contribution is 0.306. The highest BCUT2D eigenvalue weighted by atomic mass is 127. The van der Waals surface area contributed by atoms with Gasteiger partial charge in [-0.1, -0.05) is 35.9 Å². The largest absolute Gasteiger partial charge is 0.497 e. The number of ether oxygens (including phenoxy) is 1. The molecular formula is C19H27IN4O. The van der Waals surface area contributed by atoms with E-state index in [1.165, 1.54) is 11.1 Å². The van der Waals surface area contributed by atoms with E-state index in [-0.39, 0.29) is 30.0 Å². The van der Waals surface area contributed by atoms with Crippen molar-refractivity contribution in [2.24, 2.45) is 10.7 Å². The molecule has 25 heavy (non-hydrogen) atoms. The maximum absolute atomic E-state index is 6.03. The Hall–Kier alpha value is -1.80. The van der Waals surface area contributed by atoms with E-state index in [9.17, 15) is 0 Å². The number of hydrogen-bond donors (Lipinski definition) is 2. The van der Waals surface area contributed by atoms with E-state index in [0.29, 0.717) is 12.5 Å². The molecule has 2 aromatic rings. The maximum Gasteiger partial charge on any atom is 0.193 e. The van der Waals surface area contributed by atoms with Crippen molar-refractivity contribution in [1.29, 1.82) is 0 Å². The topological polar surface area (TPSA) is 62.9 Å². The van der Waals surface area contributed by atoms with Gasteiger partial charge in [0.1, 0.15) is 5.75 Å². The zero-order valence-corrected chi connectivity index (χ0v) is 17.5. The Morgan fingerprint density at radius 3 is 2.48 bits per heavy atom. The van der Waals surface area contributed by atoms with Crippen LogP contribution in [0.2, 0.25) is 0 Å². The van der Waals surface area contributed by atoms with Crippen LogP contribution >= 0.6 is 24.0 Å². The Labute approximate surface area is 167 Å². The lowest BCUT2D eigenvalue weighted by atomic mass is 10.0. The fourth-order valence-corrected chi connectivity index (χ4v) is 2.43. The van der Waals surface area contributed by atoms with Gasteiger partial charge in [-0.05, 0) is 38.7 Å². The molecular weight excluding hydrogens is 427 g/mol. The van der Waals surface area contributed by atoms with Crippen LogP contribution < -0.4 is 15.8 Å². The molecule has 0 heterocycles. The Kier molecular flexibility index (Phi) is 8.71. The van der Waals surface area contributed by atoms with Crippen LogP contribution in [0.5, 0.6) is 5.75 Å². The van der Waals surface area contributed by atoms with Gasteiger partial charge in [-0.25, -0.2) is 0 Å². The number of rotatable bonds is 6. The van der Waals surface area contributed by atoms with Crippen LogP contribution in [0.1, 0.15) is 17.2 Å². The molecule has 6 heteroatoms. The van der Waals surface area contributed by atoms with E-state index in [2.05, 4.69) is 46.4 Å². The quantitative estimate of drug-likeness (QED) is 0.398. The number of aryl methyl sites for hydroxylation is 1. The fraction of sp³-hybridized carbons (Fsp3) is 0.316. The number of nitrogens with zero attached hydrogens (tertiary/aromatic N) is 2. The first-order valence-corrected chi connectivity index (χ1v) is 7.93. The summed E-state index contributed by atoms with van der Waals surface area (Å²) in [6, 6.07) is 16.3. The van der Waals surface area contributed by atoms with Crippen LogP contribution in [0.4, 0.5) is 5.69 Å². The van der Waals surface area contributed by atoms with Gasteiger partial charge in [0, 0.05) is 11.8 Å². The third-order valence-corrected chi connectivity index (χ3v) is 3.86. The third kappa shape index (κ3) is 6.55. The zero-order chi connectivity index (χ0) is 17.5. The molecule has 0 aliphatic carbocycles. The van der Waals surface area contributed by atoms with Gasteiger partial charge in [-0.3, -0.25) is 4.99 Å². The molecule has 136 valence electrons. The number of likely N-dealkylation sites (N-methyl/N-ethyl adjacent to an activating group) is 1. The van der Waals surface area contributed by atoms with Crippen LogP contribution in [-0.2, 0) is 0 Å². The fourth-order valence-electron chi connectivity index (χ4n) is 2.43.